The predicted octanol–water partition coefficient (Wildman–Crippen LogP) is 5.15. The highest BCUT2D eigenvalue weighted by molar-refractivity contribution is 6.31. The van der Waals surface area contributed by atoms with Crippen LogP contribution in [0.25, 0.3) is 0 Å². The van der Waals surface area contributed by atoms with Gasteiger partial charge in [0, 0.05) is 17.2 Å². The van der Waals surface area contributed by atoms with Crippen LogP contribution in [0.15, 0.2) is 82.7 Å². The maximum Gasteiger partial charge on any atom is 0.347 e. The van der Waals surface area contributed by atoms with E-state index in [1.807, 2.05) is 53.5 Å². The quantitative estimate of drug-likeness (QED) is 0.320. The van der Waals surface area contributed by atoms with Gasteiger partial charge in [-0.25, -0.2) is 14.5 Å². The Kier molecular flexibility index (Phi) is 6.60. The van der Waals surface area contributed by atoms with Gasteiger partial charge >= 0.3 is 5.69 Å². The summed E-state index contributed by atoms with van der Waals surface area (Å²) in [6.45, 7) is 1.68. The molecule has 1 aliphatic heterocycles. The molecule has 0 radical (unpaired) electrons. The molecule has 6 rings (SSSR count). The van der Waals surface area contributed by atoms with Crippen molar-refractivity contribution < 1.29 is 4.74 Å². The molecule has 0 amide bonds. The highest BCUT2D eigenvalue weighted by Crippen LogP contribution is 2.46. The minimum Gasteiger partial charge on any atom is -0.383 e. The van der Waals surface area contributed by atoms with E-state index >= 15 is 0 Å². The Balaban J connectivity index is 1.45. The van der Waals surface area contributed by atoms with Crippen molar-refractivity contribution in [3.05, 3.63) is 116 Å². The zero-order chi connectivity index (χ0) is 26.3. The van der Waals surface area contributed by atoms with E-state index < -0.39 is 0 Å². The fraction of sp³-hybridized carbons (Fsp3) is 0.276. The molecule has 3 aromatic carbocycles. The van der Waals surface area contributed by atoms with E-state index in [4.69, 9.17) is 38.1 Å². The van der Waals surface area contributed by atoms with Gasteiger partial charge in [0.2, 0.25) is 5.95 Å². The minimum absolute atomic E-state index is 0.206. The summed E-state index contributed by atoms with van der Waals surface area (Å²) in [6.07, 6.45) is 1.90. The lowest BCUT2D eigenvalue weighted by Gasteiger charge is -2.27. The first-order valence-electron chi connectivity index (χ1n) is 12.6. The summed E-state index contributed by atoms with van der Waals surface area (Å²) in [5, 5.41) is 13.2. The fourth-order valence-electron chi connectivity index (χ4n) is 5.60. The van der Waals surface area contributed by atoms with E-state index in [9.17, 15) is 4.79 Å². The molecule has 194 valence electrons. The van der Waals surface area contributed by atoms with Gasteiger partial charge in [0.05, 0.1) is 37.4 Å². The van der Waals surface area contributed by atoms with E-state index in [1.165, 1.54) is 15.8 Å². The number of rotatable bonds is 7. The Morgan fingerprint density at radius 3 is 2.42 bits per heavy atom. The van der Waals surface area contributed by atoms with Gasteiger partial charge in [-0.3, -0.25) is 4.57 Å². The summed E-state index contributed by atoms with van der Waals surface area (Å²) in [4.78, 5) is 13.5. The summed E-state index contributed by atoms with van der Waals surface area (Å²) >= 11 is 12.3. The normalized spacial score (nSPS) is 18.3. The van der Waals surface area contributed by atoms with Crippen LogP contribution in [0.2, 0.25) is 10.0 Å². The zero-order valence-corrected chi connectivity index (χ0v) is 22.5. The van der Waals surface area contributed by atoms with E-state index in [2.05, 4.69) is 24.3 Å². The lowest BCUT2D eigenvalue weighted by molar-refractivity contribution is 0.186. The summed E-state index contributed by atoms with van der Waals surface area (Å²) in [7, 11) is 1.62. The largest absolute Gasteiger partial charge is 0.383 e. The van der Waals surface area contributed by atoms with E-state index in [1.54, 1.807) is 11.7 Å². The Bertz CT molecular complexity index is 1560. The molecule has 2 heterocycles. The van der Waals surface area contributed by atoms with Gasteiger partial charge in [-0.1, -0.05) is 71.7 Å². The molecule has 1 spiro atoms. The molecule has 38 heavy (non-hydrogen) atoms. The lowest BCUT2D eigenvalue weighted by atomic mass is 9.75. The van der Waals surface area contributed by atoms with E-state index in [0.717, 1.165) is 29.7 Å². The number of hydrazone groups is 1. The molecular weight excluding hydrogens is 521 g/mol. The predicted molar refractivity (Wildman–Crippen MR) is 151 cm³/mol. The number of hydrogen-bond donors (Lipinski definition) is 0. The highest BCUT2D eigenvalue weighted by atomic mass is 35.5. The van der Waals surface area contributed by atoms with Crippen molar-refractivity contribution in [3.63, 3.8) is 0 Å². The van der Waals surface area contributed by atoms with Crippen molar-refractivity contribution in [1.29, 1.82) is 0 Å². The Labute approximate surface area is 230 Å². The molecular formula is C29H27Cl2N5O2. The number of ether oxygens (including phenoxy) is 1. The molecule has 0 N–H and O–H groups in total. The summed E-state index contributed by atoms with van der Waals surface area (Å²) in [5.74, 6) is 0.508. The van der Waals surface area contributed by atoms with E-state index in [-0.39, 0.29) is 11.1 Å². The molecule has 9 heteroatoms. The number of fused-ring (bicyclic) bond motifs is 2. The molecule has 2 aliphatic rings. The molecule has 0 fully saturated rings. The lowest BCUT2D eigenvalue weighted by Crippen LogP contribution is -2.37. The second kappa shape index (κ2) is 10.1. The van der Waals surface area contributed by atoms with Crippen LogP contribution in [-0.2, 0) is 29.7 Å². The van der Waals surface area contributed by atoms with Gasteiger partial charge in [0.15, 0.2) is 0 Å². The molecule has 0 saturated heterocycles. The minimum atomic E-state index is -0.313. The van der Waals surface area contributed by atoms with E-state index in [0.29, 0.717) is 42.2 Å². The summed E-state index contributed by atoms with van der Waals surface area (Å²) in [5.41, 5.74) is 5.02. The van der Waals surface area contributed by atoms with Gasteiger partial charge in [0.25, 0.3) is 0 Å². The third-order valence-corrected chi connectivity index (χ3v) is 7.97. The number of methoxy groups -OCH3 is 1. The second-order valence-corrected chi connectivity index (χ2v) is 10.6. The molecule has 0 bridgehead atoms. The second-order valence-electron chi connectivity index (χ2n) is 9.76. The first kappa shape index (κ1) is 24.9. The molecule has 7 nitrogen and oxygen atoms in total. The van der Waals surface area contributed by atoms with Crippen LogP contribution in [0.1, 0.15) is 28.7 Å². The number of halogens is 2. The van der Waals surface area contributed by atoms with Crippen molar-refractivity contribution in [2.75, 3.05) is 25.3 Å². The van der Waals surface area contributed by atoms with Gasteiger partial charge in [-0.2, -0.15) is 5.10 Å². The average Bonchev–Trinajstić information content (AvgIpc) is 3.59. The monoisotopic (exact) mass is 547 g/mol. The van der Waals surface area contributed by atoms with Gasteiger partial charge in [0.1, 0.15) is 0 Å². The number of anilines is 1. The van der Waals surface area contributed by atoms with Crippen molar-refractivity contribution in [2.45, 2.75) is 31.3 Å². The molecule has 0 saturated carbocycles. The van der Waals surface area contributed by atoms with Crippen molar-refractivity contribution in [3.8, 4) is 0 Å². The number of benzene rings is 3. The number of aryl methyl sites for hydroxylation is 1. The van der Waals surface area contributed by atoms with Crippen LogP contribution in [0.4, 0.5) is 5.95 Å². The van der Waals surface area contributed by atoms with Crippen molar-refractivity contribution in [1.82, 2.24) is 14.3 Å². The standard InChI is InChI=1S/C29H27Cl2N5O2/c1-38-17-16-34-27(33-35(28(34)37)18-20-6-10-23(30)11-7-20)36-19-29(15-14-21-4-2-3-5-25(21)29)26(32-36)22-8-12-24(31)13-9-22/h2-13H,14-19H2,1H3. The van der Waals surface area contributed by atoms with Crippen LogP contribution in [0.3, 0.4) is 0 Å². The topological polar surface area (TPSA) is 64.7 Å². The zero-order valence-electron chi connectivity index (χ0n) is 21.0. The number of nitrogens with zero attached hydrogens (tertiary/aromatic N) is 5. The smallest absolute Gasteiger partial charge is 0.347 e. The molecule has 1 aliphatic carbocycles. The van der Waals surface area contributed by atoms with Crippen LogP contribution in [0.5, 0.6) is 0 Å². The van der Waals surface area contributed by atoms with Crippen molar-refractivity contribution in [2.24, 2.45) is 5.10 Å². The Morgan fingerprint density at radius 1 is 0.974 bits per heavy atom. The number of aromatic nitrogens is 3. The van der Waals surface area contributed by atoms with Crippen LogP contribution in [-0.4, -0.2) is 40.3 Å². The Morgan fingerprint density at radius 2 is 1.68 bits per heavy atom. The van der Waals surface area contributed by atoms with Gasteiger partial charge < -0.3 is 4.74 Å². The summed E-state index contributed by atoms with van der Waals surface area (Å²) in [6, 6.07) is 23.8. The van der Waals surface area contributed by atoms with Gasteiger partial charge in [-0.05, 0) is 59.4 Å². The molecule has 1 aromatic heterocycles. The Hall–Kier alpha value is -3.39. The third kappa shape index (κ3) is 4.34. The van der Waals surface area contributed by atoms with Crippen LogP contribution < -0.4 is 10.7 Å². The third-order valence-electron chi connectivity index (χ3n) is 7.46. The fourth-order valence-corrected chi connectivity index (χ4v) is 5.85. The van der Waals surface area contributed by atoms with Gasteiger partial charge in [-0.15, -0.1) is 5.10 Å². The highest BCUT2D eigenvalue weighted by Gasteiger charge is 2.49. The number of hydrogen-bond acceptors (Lipinski definition) is 5. The first-order valence-corrected chi connectivity index (χ1v) is 13.4. The maximum absolute atomic E-state index is 13.5. The van der Waals surface area contributed by atoms with Crippen molar-refractivity contribution >= 4 is 34.9 Å². The molecule has 1 atom stereocenters. The van der Waals surface area contributed by atoms with Crippen LogP contribution >= 0.6 is 23.2 Å². The summed E-state index contributed by atoms with van der Waals surface area (Å²) < 4.78 is 8.46. The molecule has 1 unspecified atom stereocenters. The van der Waals surface area contributed by atoms with Crippen LogP contribution in [0, 0.1) is 0 Å². The SMILES string of the molecule is COCCn1c(N2CC3(CCc4ccccc43)C(c3ccc(Cl)cc3)=N2)nn(Cc2ccc(Cl)cc2)c1=O. The first-order chi connectivity index (χ1) is 18.5. The molecule has 4 aromatic rings. The average molecular weight is 548 g/mol. The maximum atomic E-state index is 13.5.